The summed E-state index contributed by atoms with van der Waals surface area (Å²) in [6.45, 7) is 8.42. The van der Waals surface area contributed by atoms with E-state index in [9.17, 15) is 0 Å². The van der Waals surface area contributed by atoms with Crippen LogP contribution in [0.25, 0.3) is 0 Å². The van der Waals surface area contributed by atoms with Gasteiger partial charge in [-0.2, -0.15) is 11.8 Å². The van der Waals surface area contributed by atoms with Crippen LogP contribution in [0, 0.1) is 0 Å². The largest absolute Gasteiger partial charge is 0.488 e. The third-order valence-corrected chi connectivity index (χ3v) is 3.88. The van der Waals surface area contributed by atoms with E-state index < -0.39 is 0 Å². The summed E-state index contributed by atoms with van der Waals surface area (Å²) in [5, 5.41) is 4.02. The second-order valence-electron chi connectivity index (χ2n) is 5.35. The van der Waals surface area contributed by atoms with Gasteiger partial charge in [-0.15, -0.1) is 0 Å². The zero-order valence-electron chi connectivity index (χ0n) is 10.8. The van der Waals surface area contributed by atoms with Gasteiger partial charge in [0.1, 0.15) is 11.4 Å². The van der Waals surface area contributed by atoms with Gasteiger partial charge in [0.25, 0.3) is 0 Å². The fraction of sp³-hybridized carbons (Fsp3) is 0.571. The maximum absolute atomic E-state index is 5.82. The van der Waals surface area contributed by atoms with Crippen LogP contribution in [0.15, 0.2) is 24.3 Å². The van der Waals surface area contributed by atoms with Gasteiger partial charge < -0.3 is 10.1 Å². The molecule has 1 aliphatic heterocycles. The van der Waals surface area contributed by atoms with Gasteiger partial charge in [0.15, 0.2) is 0 Å². The second-order valence-corrected chi connectivity index (χ2v) is 6.66. The Balaban J connectivity index is 2.02. The molecule has 1 fully saturated rings. The van der Waals surface area contributed by atoms with Crippen molar-refractivity contribution in [3.63, 3.8) is 0 Å². The number of hydrogen-bond acceptors (Lipinski definition) is 3. The molecule has 1 N–H and O–H groups in total. The van der Waals surface area contributed by atoms with Crippen molar-refractivity contribution in [3.05, 3.63) is 29.8 Å². The molecule has 2 rings (SSSR count). The van der Waals surface area contributed by atoms with E-state index in [1.54, 1.807) is 0 Å². The minimum absolute atomic E-state index is 0.122. The predicted octanol–water partition coefficient (Wildman–Crippen LogP) is 3.24. The molecule has 0 saturated carbocycles. The minimum atomic E-state index is -0.122. The van der Waals surface area contributed by atoms with Crippen LogP contribution in [-0.2, 0) is 0 Å². The monoisotopic (exact) mass is 251 g/mol. The Hall–Kier alpha value is -0.670. The molecule has 0 spiro atoms. The third kappa shape index (κ3) is 3.93. The average molecular weight is 251 g/mol. The standard InChI is InChI=1S/C14H21NOS/c1-14(2,3)16-12-6-4-11(5-7-12)13-10-15-8-9-17-13/h4-7,13,15H,8-10H2,1-3H3. The van der Waals surface area contributed by atoms with Crippen LogP contribution in [0.4, 0.5) is 0 Å². The van der Waals surface area contributed by atoms with Gasteiger partial charge in [-0.25, -0.2) is 0 Å². The van der Waals surface area contributed by atoms with Gasteiger partial charge in [-0.05, 0) is 38.5 Å². The van der Waals surface area contributed by atoms with Gasteiger partial charge in [0.05, 0.1) is 0 Å². The first kappa shape index (κ1) is 12.8. The molecular formula is C14H21NOS. The van der Waals surface area contributed by atoms with E-state index >= 15 is 0 Å². The number of benzene rings is 1. The van der Waals surface area contributed by atoms with E-state index in [4.69, 9.17) is 4.74 Å². The highest BCUT2D eigenvalue weighted by molar-refractivity contribution is 7.99. The van der Waals surface area contributed by atoms with Gasteiger partial charge in [0, 0.05) is 24.1 Å². The van der Waals surface area contributed by atoms with Crippen molar-refractivity contribution in [2.24, 2.45) is 0 Å². The van der Waals surface area contributed by atoms with E-state index in [-0.39, 0.29) is 5.60 Å². The van der Waals surface area contributed by atoms with Crippen molar-refractivity contribution in [1.29, 1.82) is 0 Å². The Kier molecular flexibility index (Phi) is 4.00. The molecule has 0 aliphatic carbocycles. The fourth-order valence-electron chi connectivity index (χ4n) is 1.88. The molecule has 1 atom stereocenters. The van der Waals surface area contributed by atoms with Crippen molar-refractivity contribution < 1.29 is 4.74 Å². The molecule has 1 aromatic carbocycles. The number of nitrogens with one attached hydrogen (secondary N) is 1. The molecule has 1 saturated heterocycles. The SMILES string of the molecule is CC(C)(C)Oc1ccc(C2CNCCS2)cc1. The van der Waals surface area contributed by atoms with Crippen molar-refractivity contribution >= 4 is 11.8 Å². The molecule has 0 bridgehead atoms. The van der Waals surface area contributed by atoms with Crippen LogP contribution in [0.1, 0.15) is 31.6 Å². The van der Waals surface area contributed by atoms with Crippen LogP contribution in [-0.4, -0.2) is 24.4 Å². The highest BCUT2D eigenvalue weighted by Gasteiger charge is 2.16. The van der Waals surface area contributed by atoms with Crippen molar-refractivity contribution in [3.8, 4) is 5.75 Å². The summed E-state index contributed by atoms with van der Waals surface area (Å²) in [4.78, 5) is 0. The Morgan fingerprint density at radius 1 is 1.24 bits per heavy atom. The number of hydrogen-bond donors (Lipinski definition) is 1. The van der Waals surface area contributed by atoms with Gasteiger partial charge in [-0.3, -0.25) is 0 Å². The third-order valence-electron chi connectivity index (χ3n) is 2.60. The predicted molar refractivity (Wildman–Crippen MR) is 74.9 cm³/mol. The van der Waals surface area contributed by atoms with Crippen LogP contribution in [0.2, 0.25) is 0 Å². The molecule has 2 nitrogen and oxygen atoms in total. The number of thioether (sulfide) groups is 1. The quantitative estimate of drug-likeness (QED) is 0.872. The maximum Gasteiger partial charge on any atom is 0.120 e. The van der Waals surface area contributed by atoms with Crippen LogP contribution >= 0.6 is 11.8 Å². The van der Waals surface area contributed by atoms with Crippen molar-refractivity contribution in [1.82, 2.24) is 5.32 Å². The fourth-order valence-corrected chi connectivity index (χ4v) is 3.02. The summed E-state index contributed by atoms with van der Waals surface area (Å²) in [6.07, 6.45) is 0. The van der Waals surface area contributed by atoms with Crippen molar-refractivity contribution in [2.45, 2.75) is 31.6 Å². The van der Waals surface area contributed by atoms with Crippen LogP contribution < -0.4 is 10.1 Å². The molecule has 17 heavy (non-hydrogen) atoms. The molecule has 1 unspecified atom stereocenters. The molecule has 1 aromatic rings. The lowest BCUT2D eigenvalue weighted by Gasteiger charge is -2.24. The number of ether oxygens (including phenoxy) is 1. The second kappa shape index (κ2) is 5.32. The lowest BCUT2D eigenvalue weighted by molar-refractivity contribution is 0.131. The Morgan fingerprint density at radius 3 is 2.47 bits per heavy atom. The average Bonchev–Trinajstić information content (AvgIpc) is 2.29. The smallest absolute Gasteiger partial charge is 0.120 e. The molecular weight excluding hydrogens is 230 g/mol. The molecule has 1 aliphatic rings. The Morgan fingerprint density at radius 2 is 1.94 bits per heavy atom. The summed E-state index contributed by atoms with van der Waals surface area (Å²) in [6, 6.07) is 8.53. The maximum atomic E-state index is 5.82. The first-order valence-electron chi connectivity index (χ1n) is 6.16. The summed E-state index contributed by atoms with van der Waals surface area (Å²) in [5.41, 5.74) is 1.27. The van der Waals surface area contributed by atoms with Crippen LogP contribution in [0.5, 0.6) is 5.75 Å². The molecule has 3 heteroatoms. The van der Waals surface area contributed by atoms with Gasteiger partial charge in [0.2, 0.25) is 0 Å². The minimum Gasteiger partial charge on any atom is -0.488 e. The Labute approximate surface area is 108 Å². The van der Waals surface area contributed by atoms with Gasteiger partial charge in [-0.1, -0.05) is 12.1 Å². The first-order valence-corrected chi connectivity index (χ1v) is 7.21. The topological polar surface area (TPSA) is 21.3 Å². The molecule has 0 radical (unpaired) electrons. The summed E-state index contributed by atoms with van der Waals surface area (Å²) >= 11 is 2.03. The number of rotatable bonds is 2. The molecule has 1 heterocycles. The van der Waals surface area contributed by atoms with E-state index in [0.29, 0.717) is 5.25 Å². The first-order chi connectivity index (χ1) is 8.04. The zero-order valence-corrected chi connectivity index (χ0v) is 11.6. The summed E-state index contributed by atoms with van der Waals surface area (Å²) < 4.78 is 5.82. The van der Waals surface area contributed by atoms with Gasteiger partial charge >= 0.3 is 0 Å². The van der Waals surface area contributed by atoms with Crippen molar-refractivity contribution in [2.75, 3.05) is 18.8 Å². The van der Waals surface area contributed by atoms with E-state index in [0.717, 1.165) is 18.8 Å². The molecule has 94 valence electrons. The van der Waals surface area contributed by atoms with E-state index in [1.165, 1.54) is 11.3 Å². The zero-order chi connectivity index (χ0) is 12.3. The normalized spacial score (nSPS) is 21.2. The highest BCUT2D eigenvalue weighted by Crippen LogP contribution is 2.31. The highest BCUT2D eigenvalue weighted by atomic mass is 32.2. The molecule has 0 amide bonds. The van der Waals surface area contributed by atoms with E-state index in [2.05, 4.69) is 50.4 Å². The Bertz CT molecular complexity index is 349. The molecule has 0 aromatic heterocycles. The summed E-state index contributed by atoms with van der Waals surface area (Å²) in [7, 11) is 0. The lowest BCUT2D eigenvalue weighted by atomic mass is 10.1. The lowest BCUT2D eigenvalue weighted by Crippen LogP contribution is -2.28. The van der Waals surface area contributed by atoms with E-state index in [1.807, 2.05) is 11.8 Å². The summed E-state index contributed by atoms with van der Waals surface area (Å²) in [5.74, 6) is 2.15. The van der Waals surface area contributed by atoms with Crippen LogP contribution in [0.3, 0.4) is 0 Å².